The first-order valence-corrected chi connectivity index (χ1v) is 9.02. The lowest BCUT2D eigenvalue weighted by molar-refractivity contribution is 0.136. The summed E-state index contributed by atoms with van der Waals surface area (Å²) in [4.78, 5) is 8.12. The van der Waals surface area contributed by atoms with Crippen LogP contribution in [-0.4, -0.2) is 40.4 Å². The second-order valence-corrected chi connectivity index (χ2v) is 6.52. The standard InChI is InChI=1S/C21H22N4O3/c1-28-18-10-12(6-7-17(18)26)19-20-14(13-4-2-3-5-15(13)24-20)11-16(25-19)21(27)23-9-8-22/h2-7,10-11,21,23-24,26-27H,8-9,22H2,1H3. The Morgan fingerprint density at radius 1 is 1.18 bits per heavy atom. The van der Waals surface area contributed by atoms with Crippen LogP contribution in [0.4, 0.5) is 0 Å². The zero-order valence-electron chi connectivity index (χ0n) is 15.4. The highest BCUT2D eigenvalue weighted by Crippen LogP contribution is 2.36. The van der Waals surface area contributed by atoms with Gasteiger partial charge in [-0.3, -0.25) is 5.32 Å². The van der Waals surface area contributed by atoms with E-state index in [1.54, 1.807) is 18.2 Å². The number of phenolic OH excluding ortho intramolecular Hbond substituents is 1. The van der Waals surface area contributed by atoms with Crippen LogP contribution in [0, 0.1) is 0 Å². The minimum absolute atomic E-state index is 0.0555. The van der Waals surface area contributed by atoms with Crippen molar-refractivity contribution in [3.8, 4) is 22.8 Å². The fraction of sp³-hybridized carbons (Fsp3) is 0.190. The zero-order chi connectivity index (χ0) is 19.7. The third kappa shape index (κ3) is 3.16. The number of nitrogens with two attached hydrogens (primary N) is 1. The number of ether oxygens (including phenoxy) is 1. The highest BCUT2D eigenvalue weighted by atomic mass is 16.5. The van der Waals surface area contributed by atoms with Crippen LogP contribution in [0.3, 0.4) is 0 Å². The summed E-state index contributed by atoms with van der Waals surface area (Å²) in [5.41, 5.74) is 9.28. The number of aromatic hydroxyl groups is 1. The van der Waals surface area contributed by atoms with Gasteiger partial charge in [0.05, 0.1) is 24.0 Å². The first-order chi connectivity index (χ1) is 13.6. The highest BCUT2D eigenvalue weighted by molar-refractivity contribution is 6.11. The van der Waals surface area contributed by atoms with E-state index in [2.05, 4.69) is 10.3 Å². The van der Waals surface area contributed by atoms with Gasteiger partial charge in [0.15, 0.2) is 11.5 Å². The molecule has 0 aliphatic heterocycles. The number of hydrogen-bond donors (Lipinski definition) is 5. The molecule has 144 valence electrons. The van der Waals surface area contributed by atoms with Crippen LogP contribution in [0.25, 0.3) is 33.1 Å². The molecule has 6 N–H and O–H groups in total. The van der Waals surface area contributed by atoms with Crippen LogP contribution in [-0.2, 0) is 0 Å². The summed E-state index contributed by atoms with van der Waals surface area (Å²) >= 11 is 0. The predicted octanol–water partition coefficient (Wildman–Crippen LogP) is 2.64. The average molecular weight is 378 g/mol. The van der Waals surface area contributed by atoms with Crippen LogP contribution in [0.2, 0.25) is 0 Å². The van der Waals surface area contributed by atoms with E-state index in [4.69, 9.17) is 15.5 Å². The Bertz CT molecular complexity index is 1140. The van der Waals surface area contributed by atoms with E-state index >= 15 is 0 Å². The zero-order valence-corrected chi connectivity index (χ0v) is 15.4. The molecule has 0 saturated heterocycles. The second-order valence-electron chi connectivity index (χ2n) is 6.52. The summed E-state index contributed by atoms with van der Waals surface area (Å²) in [5.74, 6) is 0.413. The van der Waals surface area contributed by atoms with E-state index in [-0.39, 0.29) is 5.75 Å². The quantitative estimate of drug-likeness (QED) is 0.329. The second kappa shape index (κ2) is 7.47. The van der Waals surface area contributed by atoms with Crippen LogP contribution >= 0.6 is 0 Å². The van der Waals surface area contributed by atoms with Crippen molar-refractivity contribution < 1.29 is 14.9 Å². The largest absolute Gasteiger partial charge is 0.504 e. The van der Waals surface area contributed by atoms with Crippen LogP contribution in [0.1, 0.15) is 11.9 Å². The molecule has 2 aromatic carbocycles. The maximum atomic E-state index is 10.5. The number of aromatic nitrogens is 2. The van der Waals surface area contributed by atoms with Crippen LogP contribution < -0.4 is 15.8 Å². The Kier molecular flexibility index (Phi) is 4.87. The molecule has 1 unspecified atom stereocenters. The van der Waals surface area contributed by atoms with Crippen molar-refractivity contribution >= 4 is 21.8 Å². The number of aliphatic hydroxyl groups is 1. The van der Waals surface area contributed by atoms with Gasteiger partial charge in [0, 0.05) is 34.9 Å². The topological polar surface area (TPSA) is 116 Å². The molecule has 7 nitrogen and oxygen atoms in total. The Balaban J connectivity index is 1.97. The molecule has 4 rings (SSSR count). The number of aromatic amines is 1. The number of methoxy groups -OCH3 is 1. The Hall–Kier alpha value is -3.13. The molecule has 0 fully saturated rings. The average Bonchev–Trinajstić information content (AvgIpc) is 3.10. The number of benzene rings is 2. The van der Waals surface area contributed by atoms with E-state index in [0.717, 1.165) is 27.4 Å². The van der Waals surface area contributed by atoms with E-state index in [0.29, 0.717) is 30.2 Å². The lowest BCUT2D eigenvalue weighted by Crippen LogP contribution is -2.27. The fourth-order valence-electron chi connectivity index (χ4n) is 3.36. The van der Waals surface area contributed by atoms with Crippen molar-refractivity contribution in [1.29, 1.82) is 0 Å². The molecule has 4 aromatic rings. The number of H-pyrrole nitrogens is 1. The molecule has 0 spiro atoms. The SMILES string of the molecule is COc1cc(-c2nc(C(O)NCCN)cc3c2[nH]c2ccccc23)ccc1O. The minimum Gasteiger partial charge on any atom is -0.504 e. The number of pyridine rings is 1. The number of nitrogens with one attached hydrogen (secondary N) is 2. The lowest BCUT2D eigenvalue weighted by atomic mass is 10.1. The van der Waals surface area contributed by atoms with Crippen molar-refractivity contribution in [2.24, 2.45) is 5.73 Å². The van der Waals surface area contributed by atoms with Gasteiger partial charge < -0.3 is 25.7 Å². The first kappa shape index (κ1) is 18.2. The fourth-order valence-corrected chi connectivity index (χ4v) is 3.36. The number of hydrogen-bond acceptors (Lipinski definition) is 6. The van der Waals surface area contributed by atoms with Gasteiger partial charge in [0.25, 0.3) is 0 Å². The van der Waals surface area contributed by atoms with Crippen LogP contribution in [0.5, 0.6) is 11.5 Å². The molecule has 7 heteroatoms. The van der Waals surface area contributed by atoms with Gasteiger partial charge >= 0.3 is 0 Å². The molecule has 0 saturated carbocycles. The monoisotopic (exact) mass is 378 g/mol. The number of fused-ring (bicyclic) bond motifs is 3. The van der Waals surface area contributed by atoms with Gasteiger partial charge in [-0.2, -0.15) is 0 Å². The van der Waals surface area contributed by atoms with E-state index in [1.165, 1.54) is 7.11 Å². The molecule has 0 bridgehead atoms. The molecular weight excluding hydrogens is 356 g/mol. The van der Waals surface area contributed by atoms with Crippen molar-refractivity contribution in [2.75, 3.05) is 20.2 Å². The predicted molar refractivity (Wildman–Crippen MR) is 109 cm³/mol. The maximum absolute atomic E-state index is 10.5. The molecule has 0 aliphatic rings. The Labute approximate surface area is 161 Å². The smallest absolute Gasteiger partial charge is 0.161 e. The number of para-hydroxylation sites is 1. The summed E-state index contributed by atoms with van der Waals surface area (Å²) < 4.78 is 5.25. The third-order valence-corrected chi connectivity index (χ3v) is 4.73. The summed E-state index contributed by atoms with van der Waals surface area (Å²) in [6.07, 6.45) is -0.945. The lowest BCUT2D eigenvalue weighted by Gasteiger charge is -2.14. The van der Waals surface area contributed by atoms with Gasteiger partial charge in [0.2, 0.25) is 0 Å². The molecule has 28 heavy (non-hydrogen) atoms. The minimum atomic E-state index is -0.945. The number of aliphatic hydroxyl groups excluding tert-OH is 1. The van der Waals surface area contributed by atoms with Crippen LogP contribution in [0.15, 0.2) is 48.5 Å². The van der Waals surface area contributed by atoms with Gasteiger partial charge in [-0.25, -0.2) is 4.98 Å². The van der Waals surface area contributed by atoms with E-state index < -0.39 is 6.23 Å². The van der Waals surface area contributed by atoms with E-state index in [1.807, 2.05) is 30.3 Å². The number of nitrogens with zero attached hydrogens (tertiary/aromatic N) is 1. The molecule has 1 atom stereocenters. The van der Waals surface area contributed by atoms with Gasteiger partial charge in [-0.05, 0) is 30.3 Å². The summed E-state index contributed by atoms with van der Waals surface area (Å²) in [6.45, 7) is 0.880. The summed E-state index contributed by atoms with van der Waals surface area (Å²) in [7, 11) is 1.50. The maximum Gasteiger partial charge on any atom is 0.161 e. The molecule has 0 aliphatic carbocycles. The van der Waals surface area contributed by atoms with Crippen molar-refractivity contribution in [2.45, 2.75) is 6.23 Å². The van der Waals surface area contributed by atoms with Gasteiger partial charge in [-0.1, -0.05) is 18.2 Å². The number of phenols is 1. The third-order valence-electron chi connectivity index (χ3n) is 4.73. The molecular formula is C21H22N4O3. The Morgan fingerprint density at radius 2 is 2.00 bits per heavy atom. The van der Waals surface area contributed by atoms with Crippen molar-refractivity contribution in [1.82, 2.24) is 15.3 Å². The molecule has 2 aromatic heterocycles. The van der Waals surface area contributed by atoms with Crippen molar-refractivity contribution in [3.05, 3.63) is 54.2 Å². The molecule has 2 heterocycles. The summed E-state index contributed by atoms with van der Waals surface area (Å²) in [5, 5.41) is 25.4. The molecule has 0 amide bonds. The molecule has 0 radical (unpaired) electrons. The summed E-state index contributed by atoms with van der Waals surface area (Å²) in [6, 6.07) is 14.9. The Morgan fingerprint density at radius 3 is 2.79 bits per heavy atom. The van der Waals surface area contributed by atoms with Crippen molar-refractivity contribution in [3.63, 3.8) is 0 Å². The van der Waals surface area contributed by atoms with E-state index in [9.17, 15) is 10.2 Å². The highest BCUT2D eigenvalue weighted by Gasteiger charge is 2.18. The van der Waals surface area contributed by atoms with Gasteiger partial charge in [-0.15, -0.1) is 0 Å². The van der Waals surface area contributed by atoms with Gasteiger partial charge in [0.1, 0.15) is 6.23 Å². The normalized spacial score (nSPS) is 12.5. The number of rotatable bonds is 6. The first-order valence-electron chi connectivity index (χ1n) is 9.02.